The van der Waals surface area contributed by atoms with Gasteiger partial charge in [0.15, 0.2) is 0 Å². The first kappa shape index (κ1) is 22.2. The number of fused-ring (bicyclic) bond motifs is 5. The fraction of sp³-hybridized carbons (Fsp3) is 1.00. The Morgan fingerprint density at radius 1 is 0.724 bits per heavy atom. The molecule has 0 N–H and O–H groups in total. The molecular weight excluding hydrogens is 348 g/mol. The zero-order valence-corrected chi connectivity index (χ0v) is 21.0. The minimum absolute atomic E-state index is 0.658. The molecule has 4 fully saturated rings. The summed E-state index contributed by atoms with van der Waals surface area (Å²) in [6.45, 7) is 18.0. The molecule has 0 aromatic heterocycles. The van der Waals surface area contributed by atoms with Gasteiger partial charge in [0.25, 0.3) is 0 Å². The molecule has 168 valence electrons. The zero-order chi connectivity index (χ0) is 21.0. The van der Waals surface area contributed by atoms with Crippen LogP contribution in [0.5, 0.6) is 0 Å². The van der Waals surface area contributed by atoms with Crippen LogP contribution in [-0.2, 0) is 0 Å². The van der Waals surface area contributed by atoms with E-state index in [1.807, 2.05) is 0 Å². The first-order valence-electron chi connectivity index (χ1n) is 13.7. The van der Waals surface area contributed by atoms with Crippen LogP contribution in [0.1, 0.15) is 119 Å². The van der Waals surface area contributed by atoms with Gasteiger partial charge in [0.2, 0.25) is 0 Å². The minimum Gasteiger partial charge on any atom is -0.0625 e. The van der Waals surface area contributed by atoms with E-state index in [1.165, 1.54) is 32.1 Å². The van der Waals surface area contributed by atoms with Gasteiger partial charge in [0.1, 0.15) is 0 Å². The molecule has 0 heteroatoms. The van der Waals surface area contributed by atoms with Crippen LogP contribution in [0.25, 0.3) is 0 Å². The molecule has 4 saturated carbocycles. The topological polar surface area (TPSA) is 0 Å². The van der Waals surface area contributed by atoms with Crippen molar-refractivity contribution < 1.29 is 0 Å². The third kappa shape index (κ3) is 3.65. The van der Waals surface area contributed by atoms with E-state index in [-0.39, 0.29) is 0 Å². The molecule has 0 nitrogen and oxygen atoms in total. The molecule has 4 rings (SSSR count). The van der Waals surface area contributed by atoms with Crippen LogP contribution in [0.4, 0.5) is 0 Å². The van der Waals surface area contributed by atoms with Crippen LogP contribution in [0, 0.1) is 64.1 Å². The number of hydrogen-bond donors (Lipinski definition) is 0. The van der Waals surface area contributed by atoms with Crippen molar-refractivity contribution in [3.8, 4) is 0 Å². The molecule has 10 atom stereocenters. The Bertz CT molecular complexity index is 562. The summed E-state index contributed by atoms with van der Waals surface area (Å²) in [4.78, 5) is 0. The van der Waals surface area contributed by atoms with Crippen molar-refractivity contribution in [3.63, 3.8) is 0 Å². The summed E-state index contributed by atoms with van der Waals surface area (Å²) in [5.74, 6) is 8.86. The van der Waals surface area contributed by atoms with Gasteiger partial charge < -0.3 is 0 Å². The molecule has 0 saturated heterocycles. The molecular formula is C29H52. The van der Waals surface area contributed by atoms with Crippen LogP contribution < -0.4 is 0 Å². The quantitative estimate of drug-likeness (QED) is 0.432. The molecule has 0 heterocycles. The standard InChI is InChI=1S/C29H52/c1-19(2)20(3)10-11-22(5)25-14-15-26-23-12-13-24-21(4)9-8-17-28(24,6)27(23)16-18-29(25,26)7/h19-27H,8-18H2,1-7H3/t20?,21-,22-,23+,24?,25-,26+,27+,28+,29-/m1/s1. The van der Waals surface area contributed by atoms with Crippen LogP contribution in [-0.4, -0.2) is 0 Å². The predicted molar refractivity (Wildman–Crippen MR) is 127 cm³/mol. The van der Waals surface area contributed by atoms with Crippen molar-refractivity contribution in [1.29, 1.82) is 0 Å². The lowest BCUT2D eigenvalue weighted by Crippen LogP contribution is -2.54. The van der Waals surface area contributed by atoms with Crippen molar-refractivity contribution in [1.82, 2.24) is 0 Å². The van der Waals surface area contributed by atoms with Gasteiger partial charge in [-0.25, -0.2) is 0 Å². The second-order valence-electron chi connectivity index (χ2n) is 13.4. The van der Waals surface area contributed by atoms with Crippen LogP contribution in [0.3, 0.4) is 0 Å². The Hall–Kier alpha value is 0. The molecule has 29 heavy (non-hydrogen) atoms. The summed E-state index contributed by atoms with van der Waals surface area (Å²) in [5, 5.41) is 0. The van der Waals surface area contributed by atoms with Gasteiger partial charge in [-0.15, -0.1) is 0 Å². The van der Waals surface area contributed by atoms with Gasteiger partial charge in [0, 0.05) is 0 Å². The third-order valence-corrected chi connectivity index (χ3v) is 12.0. The van der Waals surface area contributed by atoms with E-state index in [1.54, 1.807) is 38.5 Å². The Morgan fingerprint density at radius 2 is 1.41 bits per heavy atom. The normalized spacial score (nSPS) is 49.2. The highest BCUT2D eigenvalue weighted by atomic mass is 14.7. The zero-order valence-electron chi connectivity index (χ0n) is 21.0. The first-order chi connectivity index (χ1) is 13.7. The predicted octanol–water partition coefficient (Wildman–Crippen LogP) is 8.99. The monoisotopic (exact) mass is 400 g/mol. The van der Waals surface area contributed by atoms with Crippen molar-refractivity contribution >= 4 is 0 Å². The van der Waals surface area contributed by atoms with Gasteiger partial charge in [0.05, 0.1) is 0 Å². The van der Waals surface area contributed by atoms with Crippen molar-refractivity contribution in [2.45, 2.75) is 119 Å². The average molecular weight is 401 g/mol. The molecule has 0 aromatic carbocycles. The summed E-state index contributed by atoms with van der Waals surface area (Å²) in [6, 6.07) is 0. The van der Waals surface area contributed by atoms with E-state index in [0.29, 0.717) is 10.8 Å². The molecule has 0 bridgehead atoms. The van der Waals surface area contributed by atoms with E-state index < -0.39 is 0 Å². The van der Waals surface area contributed by atoms with Crippen LogP contribution >= 0.6 is 0 Å². The maximum absolute atomic E-state index is 2.76. The fourth-order valence-electron chi connectivity index (χ4n) is 9.83. The van der Waals surface area contributed by atoms with E-state index in [4.69, 9.17) is 0 Å². The summed E-state index contributed by atoms with van der Waals surface area (Å²) in [5.41, 5.74) is 1.34. The highest BCUT2D eigenvalue weighted by Crippen LogP contribution is 2.68. The lowest BCUT2D eigenvalue weighted by atomic mass is 9.43. The molecule has 4 aliphatic carbocycles. The van der Waals surface area contributed by atoms with E-state index >= 15 is 0 Å². The number of hydrogen-bond acceptors (Lipinski definition) is 0. The van der Waals surface area contributed by atoms with Crippen molar-refractivity contribution in [2.75, 3.05) is 0 Å². The highest BCUT2D eigenvalue weighted by molar-refractivity contribution is 5.09. The Morgan fingerprint density at radius 3 is 2.14 bits per heavy atom. The molecule has 0 aromatic rings. The highest BCUT2D eigenvalue weighted by Gasteiger charge is 2.60. The summed E-state index contributed by atoms with van der Waals surface area (Å²) < 4.78 is 0. The second kappa shape index (κ2) is 8.16. The smallest absolute Gasteiger partial charge is 0.0264 e. The molecule has 0 spiro atoms. The average Bonchev–Trinajstić information content (AvgIpc) is 3.03. The lowest BCUT2D eigenvalue weighted by Gasteiger charge is -2.62. The van der Waals surface area contributed by atoms with Gasteiger partial charge >= 0.3 is 0 Å². The maximum atomic E-state index is 2.76. The summed E-state index contributed by atoms with van der Waals surface area (Å²) in [7, 11) is 0. The Balaban J connectivity index is 1.47. The van der Waals surface area contributed by atoms with E-state index in [9.17, 15) is 0 Å². The van der Waals surface area contributed by atoms with Gasteiger partial charge in [-0.1, -0.05) is 74.1 Å². The fourth-order valence-corrected chi connectivity index (χ4v) is 9.83. The largest absolute Gasteiger partial charge is 0.0625 e. The molecule has 2 unspecified atom stereocenters. The second-order valence-corrected chi connectivity index (χ2v) is 13.4. The van der Waals surface area contributed by atoms with Crippen molar-refractivity contribution in [3.05, 3.63) is 0 Å². The lowest BCUT2D eigenvalue weighted by molar-refractivity contribution is -0.127. The molecule has 0 radical (unpaired) electrons. The summed E-state index contributed by atoms with van der Waals surface area (Å²) >= 11 is 0. The molecule has 0 amide bonds. The van der Waals surface area contributed by atoms with Crippen LogP contribution in [0.2, 0.25) is 0 Å². The van der Waals surface area contributed by atoms with E-state index in [0.717, 1.165) is 53.3 Å². The maximum Gasteiger partial charge on any atom is -0.0264 e. The van der Waals surface area contributed by atoms with Gasteiger partial charge in [-0.2, -0.15) is 0 Å². The Labute approximate surface area is 183 Å². The Kier molecular flexibility index (Phi) is 6.25. The third-order valence-electron chi connectivity index (χ3n) is 12.0. The minimum atomic E-state index is 0.658. The first-order valence-corrected chi connectivity index (χ1v) is 13.7. The van der Waals surface area contributed by atoms with E-state index in [2.05, 4.69) is 48.5 Å². The van der Waals surface area contributed by atoms with Gasteiger partial charge in [-0.3, -0.25) is 0 Å². The molecule has 0 aliphatic heterocycles. The number of rotatable bonds is 5. The summed E-state index contributed by atoms with van der Waals surface area (Å²) in [6.07, 6.45) is 16.8. The SMILES string of the molecule is CC(C)C(C)CC[C@@H](C)[C@H]1CC[C@H]2[C@@H]3CCC4[C@H](C)CCC[C@]4(C)[C@H]3CC[C@]12C. The van der Waals surface area contributed by atoms with Gasteiger partial charge in [-0.05, 0) is 109 Å². The van der Waals surface area contributed by atoms with Crippen LogP contribution in [0.15, 0.2) is 0 Å². The van der Waals surface area contributed by atoms with Crippen molar-refractivity contribution in [2.24, 2.45) is 64.1 Å². The molecule has 4 aliphatic rings.